The number of rotatable bonds is 4. The molecular weight excluding hydrogens is 280 g/mol. The highest BCUT2D eigenvalue weighted by Crippen LogP contribution is 2.18. The van der Waals surface area contributed by atoms with E-state index in [4.69, 9.17) is 0 Å². The lowest BCUT2D eigenvalue weighted by molar-refractivity contribution is 0.0893. The molecule has 1 aliphatic carbocycles. The fourth-order valence-corrected chi connectivity index (χ4v) is 2.57. The van der Waals surface area contributed by atoms with Crippen LogP contribution in [0.3, 0.4) is 0 Å². The van der Waals surface area contributed by atoms with Crippen molar-refractivity contribution in [1.29, 1.82) is 0 Å². The molecule has 0 spiro atoms. The van der Waals surface area contributed by atoms with Gasteiger partial charge in [-0.15, -0.1) is 0 Å². The Balaban J connectivity index is 1.98. The van der Waals surface area contributed by atoms with E-state index in [1.165, 1.54) is 12.7 Å². The molecule has 1 aromatic rings. The summed E-state index contributed by atoms with van der Waals surface area (Å²) in [7, 11) is 0. The number of hydrogen-bond donors (Lipinski definition) is 3. The van der Waals surface area contributed by atoms with Gasteiger partial charge in [0.05, 0.1) is 6.33 Å². The quantitative estimate of drug-likeness (QED) is 0.797. The Hall–Kier alpha value is -1.85. The molecule has 2 rings (SSSR count). The van der Waals surface area contributed by atoms with Crippen molar-refractivity contribution < 1.29 is 9.59 Å². The third kappa shape index (κ3) is 4.58. The van der Waals surface area contributed by atoms with Crippen LogP contribution in [-0.2, 0) is 0 Å². The van der Waals surface area contributed by atoms with Crippen molar-refractivity contribution in [3.05, 3.63) is 17.7 Å². The molecule has 0 aliphatic heterocycles. The van der Waals surface area contributed by atoms with Crippen LogP contribution in [0.4, 0.5) is 0 Å². The standard InChI is InChI=1S/C16H26N4O2/c1-16(2,3)9-17-14(21)12-13(19-10-18-12)15(22)20-11-7-5-4-6-8-11/h10-11H,4-9H2,1-3H3,(H,17,21)(H,18,19)(H,20,22). The fraction of sp³-hybridized carbons (Fsp3) is 0.688. The Morgan fingerprint density at radius 3 is 2.55 bits per heavy atom. The first-order valence-electron chi connectivity index (χ1n) is 7.99. The molecule has 1 saturated carbocycles. The number of nitrogens with one attached hydrogen (secondary N) is 3. The Morgan fingerprint density at radius 1 is 1.23 bits per heavy atom. The molecule has 0 atom stereocenters. The van der Waals surface area contributed by atoms with Crippen molar-refractivity contribution in [3.8, 4) is 0 Å². The van der Waals surface area contributed by atoms with Crippen LogP contribution in [0.25, 0.3) is 0 Å². The van der Waals surface area contributed by atoms with Gasteiger partial charge in [-0.05, 0) is 18.3 Å². The van der Waals surface area contributed by atoms with Gasteiger partial charge in [0.1, 0.15) is 5.69 Å². The van der Waals surface area contributed by atoms with E-state index >= 15 is 0 Å². The van der Waals surface area contributed by atoms with Crippen molar-refractivity contribution in [2.75, 3.05) is 6.54 Å². The molecule has 0 unspecified atom stereocenters. The van der Waals surface area contributed by atoms with Crippen LogP contribution in [0, 0.1) is 5.41 Å². The van der Waals surface area contributed by atoms with E-state index in [0.29, 0.717) is 6.54 Å². The van der Waals surface area contributed by atoms with Crippen LogP contribution in [0.1, 0.15) is 73.9 Å². The monoisotopic (exact) mass is 306 g/mol. The van der Waals surface area contributed by atoms with Crippen LogP contribution >= 0.6 is 0 Å². The Bertz CT molecular complexity index is 524. The summed E-state index contributed by atoms with van der Waals surface area (Å²) in [6.07, 6.45) is 6.91. The molecule has 22 heavy (non-hydrogen) atoms. The highest BCUT2D eigenvalue weighted by atomic mass is 16.2. The lowest BCUT2D eigenvalue weighted by Gasteiger charge is -2.22. The lowest BCUT2D eigenvalue weighted by atomic mass is 9.95. The van der Waals surface area contributed by atoms with Gasteiger partial charge in [-0.1, -0.05) is 40.0 Å². The largest absolute Gasteiger partial charge is 0.350 e. The van der Waals surface area contributed by atoms with Gasteiger partial charge in [0.2, 0.25) is 0 Å². The molecule has 0 aromatic carbocycles. The summed E-state index contributed by atoms with van der Waals surface area (Å²) in [6, 6.07) is 0.198. The van der Waals surface area contributed by atoms with E-state index in [2.05, 4.69) is 20.6 Å². The number of carbonyl (C=O) groups is 2. The van der Waals surface area contributed by atoms with Gasteiger partial charge < -0.3 is 15.6 Å². The van der Waals surface area contributed by atoms with E-state index in [1.54, 1.807) is 0 Å². The summed E-state index contributed by atoms with van der Waals surface area (Å²) in [6.45, 7) is 6.65. The molecule has 6 heteroatoms. The Labute approximate surface area is 131 Å². The molecule has 1 heterocycles. The maximum absolute atomic E-state index is 12.3. The van der Waals surface area contributed by atoms with Crippen molar-refractivity contribution in [2.45, 2.75) is 58.9 Å². The van der Waals surface area contributed by atoms with Gasteiger partial charge in [-0.3, -0.25) is 9.59 Å². The first-order valence-corrected chi connectivity index (χ1v) is 7.99. The summed E-state index contributed by atoms with van der Waals surface area (Å²) in [5, 5.41) is 5.82. The molecule has 0 bridgehead atoms. The summed E-state index contributed by atoms with van der Waals surface area (Å²) < 4.78 is 0. The highest BCUT2D eigenvalue weighted by Gasteiger charge is 2.24. The summed E-state index contributed by atoms with van der Waals surface area (Å²) in [4.78, 5) is 31.3. The average Bonchev–Trinajstić information content (AvgIpc) is 2.94. The molecule has 1 aliphatic rings. The number of aromatic nitrogens is 2. The molecule has 1 fully saturated rings. The zero-order valence-electron chi connectivity index (χ0n) is 13.7. The molecule has 0 radical (unpaired) electrons. The van der Waals surface area contributed by atoms with Gasteiger partial charge in [-0.25, -0.2) is 4.98 Å². The Kier molecular flexibility index (Phi) is 5.21. The number of nitrogens with zero attached hydrogens (tertiary/aromatic N) is 1. The van der Waals surface area contributed by atoms with E-state index in [0.717, 1.165) is 25.7 Å². The third-order valence-corrected chi connectivity index (χ3v) is 3.80. The second kappa shape index (κ2) is 6.94. The number of amides is 2. The minimum Gasteiger partial charge on any atom is -0.350 e. The molecule has 122 valence electrons. The first-order chi connectivity index (χ1) is 10.4. The number of hydrogen-bond acceptors (Lipinski definition) is 3. The lowest BCUT2D eigenvalue weighted by Crippen LogP contribution is -2.38. The van der Waals surface area contributed by atoms with Crippen LogP contribution in [0.15, 0.2) is 6.33 Å². The zero-order chi connectivity index (χ0) is 16.2. The minimum atomic E-state index is -0.291. The predicted molar refractivity (Wildman–Crippen MR) is 84.7 cm³/mol. The number of carbonyl (C=O) groups excluding carboxylic acids is 2. The summed E-state index contributed by atoms with van der Waals surface area (Å²) >= 11 is 0. The number of H-pyrrole nitrogens is 1. The summed E-state index contributed by atoms with van der Waals surface area (Å²) in [5.41, 5.74) is 0.398. The molecule has 6 nitrogen and oxygen atoms in total. The Morgan fingerprint density at radius 2 is 1.91 bits per heavy atom. The number of aromatic amines is 1. The molecule has 2 amide bonds. The molecule has 1 aromatic heterocycles. The minimum absolute atomic E-state index is 0.0137. The third-order valence-electron chi connectivity index (χ3n) is 3.80. The molecule has 0 saturated heterocycles. The van der Waals surface area contributed by atoms with Crippen LogP contribution in [0.2, 0.25) is 0 Å². The van der Waals surface area contributed by atoms with Gasteiger partial charge >= 0.3 is 0 Å². The van der Waals surface area contributed by atoms with Crippen LogP contribution < -0.4 is 10.6 Å². The maximum Gasteiger partial charge on any atom is 0.272 e. The maximum atomic E-state index is 12.3. The summed E-state index contributed by atoms with van der Waals surface area (Å²) in [5.74, 6) is -0.560. The van der Waals surface area contributed by atoms with E-state index in [1.807, 2.05) is 20.8 Å². The number of imidazole rings is 1. The zero-order valence-corrected chi connectivity index (χ0v) is 13.7. The van der Waals surface area contributed by atoms with Gasteiger partial charge in [0.25, 0.3) is 11.8 Å². The second-order valence-corrected chi connectivity index (χ2v) is 7.18. The SMILES string of the molecule is CC(C)(C)CNC(=O)c1[nH]cnc1C(=O)NC1CCCCC1. The molecular formula is C16H26N4O2. The smallest absolute Gasteiger partial charge is 0.272 e. The second-order valence-electron chi connectivity index (χ2n) is 7.18. The van der Waals surface area contributed by atoms with Crippen molar-refractivity contribution in [2.24, 2.45) is 5.41 Å². The van der Waals surface area contributed by atoms with E-state index < -0.39 is 0 Å². The van der Waals surface area contributed by atoms with Crippen molar-refractivity contribution >= 4 is 11.8 Å². The molecule has 3 N–H and O–H groups in total. The topological polar surface area (TPSA) is 86.9 Å². The van der Waals surface area contributed by atoms with Gasteiger partial charge in [-0.2, -0.15) is 0 Å². The normalized spacial score (nSPS) is 16.3. The van der Waals surface area contributed by atoms with E-state index in [-0.39, 0.29) is 34.7 Å². The first kappa shape index (κ1) is 16.5. The predicted octanol–water partition coefficient (Wildman–Crippen LogP) is 2.25. The van der Waals surface area contributed by atoms with Crippen molar-refractivity contribution in [1.82, 2.24) is 20.6 Å². The van der Waals surface area contributed by atoms with Crippen LogP contribution in [0.5, 0.6) is 0 Å². The van der Waals surface area contributed by atoms with Gasteiger partial charge in [0.15, 0.2) is 5.69 Å². The fourth-order valence-electron chi connectivity index (χ4n) is 2.57. The highest BCUT2D eigenvalue weighted by molar-refractivity contribution is 6.04. The van der Waals surface area contributed by atoms with Crippen LogP contribution in [-0.4, -0.2) is 34.4 Å². The van der Waals surface area contributed by atoms with Gasteiger partial charge in [0, 0.05) is 12.6 Å². The van der Waals surface area contributed by atoms with E-state index in [9.17, 15) is 9.59 Å². The average molecular weight is 306 g/mol. The van der Waals surface area contributed by atoms with Crippen molar-refractivity contribution in [3.63, 3.8) is 0 Å².